The van der Waals surface area contributed by atoms with Crippen LogP contribution >= 0.6 is 0 Å². The molecule has 1 aromatic heterocycles. The van der Waals surface area contributed by atoms with Crippen LogP contribution in [-0.2, 0) is 11.2 Å². The Morgan fingerprint density at radius 3 is 2.74 bits per heavy atom. The molecule has 3 atom stereocenters. The second-order valence-corrected chi connectivity index (χ2v) is 6.13. The largest absolute Gasteiger partial charge is 0.493 e. The Bertz CT molecular complexity index is 700. The quantitative estimate of drug-likeness (QED) is 0.845. The molecule has 2 aromatic rings. The van der Waals surface area contributed by atoms with Gasteiger partial charge in [0.15, 0.2) is 17.3 Å². The van der Waals surface area contributed by atoms with Gasteiger partial charge in [-0.25, -0.2) is 0 Å². The second kappa shape index (κ2) is 5.85. The molecule has 2 aliphatic rings. The predicted octanol–water partition coefficient (Wildman–Crippen LogP) is 2.71. The van der Waals surface area contributed by atoms with Gasteiger partial charge >= 0.3 is 0 Å². The van der Waals surface area contributed by atoms with Gasteiger partial charge in [-0.15, -0.1) is 0 Å². The van der Waals surface area contributed by atoms with E-state index in [0.717, 1.165) is 24.8 Å². The summed E-state index contributed by atoms with van der Waals surface area (Å²) in [6.45, 7) is 0. The smallest absolute Gasteiger partial charge is 0.232 e. The summed E-state index contributed by atoms with van der Waals surface area (Å²) < 4.78 is 21.9. The van der Waals surface area contributed by atoms with E-state index in [-0.39, 0.29) is 12.0 Å². The van der Waals surface area contributed by atoms with Crippen molar-refractivity contribution in [3.8, 4) is 11.5 Å². The van der Waals surface area contributed by atoms with Crippen LogP contribution < -0.4 is 9.47 Å². The third-order valence-corrected chi connectivity index (χ3v) is 4.72. The van der Waals surface area contributed by atoms with E-state index in [0.29, 0.717) is 35.7 Å². The SMILES string of the molecule is COc1ccc(Cc2noc(C3CC4CCC3O4)n2)cc1OC. The summed E-state index contributed by atoms with van der Waals surface area (Å²) in [6.07, 6.45) is 4.51. The van der Waals surface area contributed by atoms with Crippen molar-refractivity contribution in [2.75, 3.05) is 14.2 Å². The number of hydrogen-bond donors (Lipinski definition) is 0. The van der Waals surface area contributed by atoms with E-state index in [1.807, 2.05) is 18.2 Å². The third-order valence-electron chi connectivity index (χ3n) is 4.72. The molecule has 0 radical (unpaired) electrons. The number of rotatable bonds is 5. The lowest BCUT2D eigenvalue weighted by molar-refractivity contribution is 0.0974. The summed E-state index contributed by atoms with van der Waals surface area (Å²) in [5.41, 5.74) is 1.05. The van der Waals surface area contributed by atoms with Gasteiger partial charge in [0, 0.05) is 6.42 Å². The van der Waals surface area contributed by atoms with Crippen molar-refractivity contribution in [2.45, 2.75) is 43.8 Å². The topological polar surface area (TPSA) is 66.6 Å². The number of methoxy groups -OCH3 is 2. The van der Waals surface area contributed by atoms with Crippen molar-refractivity contribution in [3.63, 3.8) is 0 Å². The van der Waals surface area contributed by atoms with E-state index in [4.69, 9.17) is 18.7 Å². The lowest BCUT2D eigenvalue weighted by Gasteiger charge is -2.13. The number of nitrogens with zero attached hydrogens (tertiary/aromatic N) is 2. The van der Waals surface area contributed by atoms with Gasteiger partial charge in [-0.3, -0.25) is 0 Å². The van der Waals surface area contributed by atoms with Gasteiger partial charge in [0.2, 0.25) is 5.89 Å². The summed E-state index contributed by atoms with van der Waals surface area (Å²) in [5.74, 6) is 3.09. The fourth-order valence-electron chi connectivity index (χ4n) is 3.56. The Balaban J connectivity index is 1.49. The molecule has 0 saturated carbocycles. The summed E-state index contributed by atoms with van der Waals surface area (Å²) >= 11 is 0. The minimum Gasteiger partial charge on any atom is -0.493 e. The van der Waals surface area contributed by atoms with Gasteiger partial charge in [0.1, 0.15) is 0 Å². The number of fused-ring (bicyclic) bond motifs is 2. The van der Waals surface area contributed by atoms with Gasteiger partial charge in [0.25, 0.3) is 0 Å². The van der Waals surface area contributed by atoms with Crippen LogP contribution in [0.2, 0.25) is 0 Å². The Hall–Kier alpha value is -2.08. The molecular formula is C17H20N2O4. The van der Waals surface area contributed by atoms with Crippen LogP contribution in [0, 0.1) is 0 Å². The molecule has 4 rings (SSSR count). The van der Waals surface area contributed by atoms with Gasteiger partial charge in [-0.2, -0.15) is 4.98 Å². The molecule has 122 valence electrons. The zero-order valence-electron chi connectivity index (χ0n) is 13.3. The third kappa shape index (κ3) is 2.67. The van der Waals surface area contributed by atoms with Crippen LogP contribution in [0.3, 0.4) is 0 Å². The Kier molecular flexibility index (Phi) is 3.69. The summed E-state index contributed by atoms with van der Waals surface area (Å²) in [6, 6.07) is 5.81. The first-order chi connectivity index (χ1) is 11.3. The fourth-order valence-corrected chi connectivity index (χ4v) is 3.56. The van der Waals surface area contributed by atoms with E-state index < -0.39 is 0 Å². The highest BCUT2D eigenvalue weighted by molar-refractivity contribution is 5.43. The molecule has 2 fully saturated rings. The highest BCUT2D eigenvalue weighted by atomic mass is 16.5. The van der Waals surface area contributed by atoms with E-state index in [1.165, 1.54) is 0 Å². The normalized spacial score (nSPS) is 25.7. The first kappa shape index (κ1) is 14.5. The van der Waals surface area contributed by atoms with Crippen LogP contribution in [0.5, 0.6) is 11.5 Å². The molecule has 0 N–H and O–H groups in total. The predicted molar refractivity (Wildman–Crippen MR) is 81.9 cm³/mol. The van der Waals surface area contributed by atoms with E-state index in [2.05, 4.69) is 10.1 Å². The fraction of sp³-hybridized carbons (Fsp3) is 0.529. The van der Waals surface area contributed by atoms with Crippen molar-refractivity contribution in [1.29, 1.82) is 0 Å². The Morgan fingerprint density at radius 2 is 2.04 bits per heavy atom. The molecule has 3 unspecified atom stereocenters. The lowest BCUT2D eigenvalue weighted by atomic mass is 9.89. The number of hydrogen-bond acceptors (Lipinski definition) is 6. The van der Waals surface area contributed by atoms with Gasteiger partial charge in [-0.05, 0) is 37.0 Å². The van der Waals surface area contributed by atoms with Crippen molar-refractivity contribution >= 4 is 0 Å². The summed E-state index contributed by atoms with van der Waals surface area (Å²) in [4.78, 5) is 4.57. The Morgan fingerprint density at radius 1 is 1.17 bits per heavy atom. The molecule has 2 saturated heterocycles. The highest BCUT2D eigenvalue weighted by Crippen LogP contribution is 2.43. The molecule has 2 bridgehead atoms. The molecule has 0 spiro atoms. The van der Waals surface area contributed by atoms with E-state index in [1.54, 1.807) is 14.2 Å². The summed E-state index contributed by atoms with van der Waals surface area (Å²) in [5, 5.41) is 4.12. The van der Waals surface area contributed by atoms with Crippen molar-refractivity contribution in [1.82, 2.24) is 10.1 Å². The first-order valence-electron chi connectivity index (χ1n) is 7.95. The molecule has 3 heterocycles. The van der Waals surface area contributed by atoms with Crippen LogP contribution in [-0.4, -0.2) is 36.6 Å². The second-order valence-electron chi connectivity index (χ2n) is 6.13. The average molecular weight is 316 g/mol. The zero-order valence-corrected chi connectivity index (χ0v) is 13.3. The first-order valence-corrected chi connectivity index (χ1v) is 7.95. The van der Waals surface area contributed by atoms with Crippen molar-refractivity contribution < 1.29 is 18.7 Å². The van der Waals surface area contributed by atoms with Crippen LogP contribution in [0.15, 0.2) is 22.7 Å². The molecule has 2 aliphatic heterocycles. The number of aromatic nitrogens is 2. The summed E-state index contributed by atoms with van der Waals surface area (Å²) in [7, 11) is 3.25. The lowest BCUT2D eigenvalue weighted by Crippen LogP contribution is -2.14. The maximum absolute atomic E-state index is 5.86. The minimum atomic E-state index is 0.259. The van der Waals surface area contributed by atoms with E-state index in [9.17, 15) is 0 Å². The van der Waals surface area contributed by atoms with E-state index >= 15 is 0 Å². The highest BCUT2D eigenvalue weighted by Gasteiger charge is 2.44. The maximum atomic E-state index is 5.86. The minimum absolute atomic E-state index is 0.259. The van der Waals surface area contributed by atoms with Crippen LogP contribution in [0.25, 0.3) is 0 Å². The van der Waals surface area contributed by atoms with Crippen LogP contribution in [0.1, 0.15) is 42.5 Å². The van der Waals surface area contributed by atoms with Crippen LogP contribution in [0.4, 0.5) is 0 Å². The molecule has 6 heteroatoms. The standard InChI is InChI=1S/C17H20N2O4/c1-20-14-5-3-10(7-15(14)21-2)8-16-18-17(23-19-16)12-9-11-4-6-13(12)22-11/h3,5,7,11-13H,4,6,8-9H2,1-2H3. The molecule has 0 aliphatic carbocycles. The van der Waals surface area contributed by atoms with Gasteiger partial charge in [0.05, 0.1) is 32.3 Å². The van der Waals surface area contributed by atoms with Crippen molar-refractivity contribution in [3.05, 3.63) is 35.5 Å². The number of benzene rings is 1. The van der Waals surface area contributed by atoms with Crippen molar-refractivity contribution in [2.24, 2.45) is 0 Å². The van der Waals surface area contributed by atoms with Gasteiger partial charge in [-0.1, -0.05) is 11.2 Å². The molecular weight excluding hydrogens is 296 g/mol. The zero-order chi connectivity index (χ0) is 15.8. The maximum Gasteiger partial charge on any atom is 0.232 e. The molecule has 1 aromatic carbocycles. The molecule has 23 heavy (non-hydrogen) atoms. The Labute approximate surface area is 134 Å². The monoisotopic (exact) mass is 316 g/mol. The average Bonchev–Trinajstić information content (AvgIpc) is 3.31. The van der Waals surface area contributed by atoms with Gasteiger partial charge < -0.3 is 18.7 Å². The molecule has 6 nitrogen and oxygen atoms in total. The molecule has 0 amide bonds. The number of ether oxygens (including phenoxy) is 3.